The van der Waals surface area contributed by atoms with E-state index in [0.717, 1.165) is 5.56 Å². The molecule has 0 saturated carbocycles. The number of ether oxygens (including phenoxy) is 1. The van der Waals surface area contributed by atoms with Gasteiger partial charge in [0.2, 0.25) is 0 Å². The van der Waals surface area contributed by atoms with Gasteiger partial charge >= 0.3 is 5.97 Å². The van der Waals surface area contributed by atoms with Gasteiger partial charge in [-0.3, -0.25) is 10.1 Å². The molecule has 3 aromatic rings. The Bertz CT molecular complexity index is 934. The molecule has 0 fully saturated rings. The number of nitro benzene ring substituents is 1. The summed E-state index contributed by atoms with van der Waals surface area (Å²) in [5.41, 5.74) is 2.97. The molecule has 0 saturated heterocycles. The van der Waals surface area contributed by atoms with Crippen LogP contribution in [0.25, 0.3) is 22.3 Å². The first kappa shape index (κ1) is 17.4. The van der Waals surface area contributed by atoms with E-state index in [4.69, 9.17) is 4.74 Å². The first-order valence-electron chi connectivity index (χ1n) is 8.22. The molecule has 0 aromatic heterocycles. The number of carbonyl (C=O) groups excluding carboxylic acids is 1. The molecule has 5 nitrogen and oxygen atoms in total. The van der Waals surface area contributed by atoms with Crippen molar-refractivity contribution in [3.8, 4) is 22.3 Å². The van der Waals surface area contributed by atoms with Crippen molar-refractivity contribution in [3.63, 3.8) is 0 Å². The van der Waals surface area contributed by atoms with Crippen molar-refractivity contribution in [2.45, 2.75) is 6.92 Å². The fraction of sp³-hybridized carbons (Fsp3) is 0.0952. The van der Waals surface area contributed by atoms with Gasteiger partial charge in [0.1, 0.15) is 0 Å². The highest BCUT2D eigenvalue weighted by atomic mass is 16.6. The number of para-hydroxylation sites is 1. The van der Waals surface area contributed by atoms with Gasteiger partial charge in [-0.2, -0.15) is 0 Å². The maximum absolute atomic E-state index is 11.8. The molecule has 0 bridgehead atoms. The standard InChI is InChI=1S/C21H17NO4/c1-2-26-21(23)17-13-11-16(12-14-17)19-10-6-9-18(20(19)22(24)25)15-7-4-3-5-8-15/h3-14H,2H2,1H3. The van der Waals surface area contributed by atoms with Gasteiger partial charge in [-0.15, -0.1) is 0 Å². The molecular weight excluding hydrogens is 330 g/mol. The van der Waals surface area contributed by atoms with Crippen molar-refractivity contribution in [2.75, 3.05) is 6.61 Å². The predicted molar refractivity (Wildman–Crippen MR) is 99.9 cm³/mol. The van der Waals surface area contributed by atoms with Crippen LogP contribution >= 0.6 is 0 Å². The number of rotatable bonds is 5. The predicted octanol–water partition coefficient (Wildman–Crippen LogP) is 5.11. The highest BCUT2D eigenvalue weighted by Gasteiger charge is 2.21. The Morgan fingerprint density at radius 2 is 1.46 bits per heavy atom. The zero-order chi connectivity index (χ0) is 18.5. The van der Waals surface area contributed by atoms with Gasteiger partial charge in [0.15, 0.2) is 0 Å². The second-order valence-corrected chi connectivity index (χ2v) is 5.62. The lowest BCUT2D eigenvalue weighted by atomic mass is 9.95. The minimum absolute atomic E-state index is 0.0441. The maximum atomic E-state index is 11.8. The zero-order valence-electron chi connectivity index (χ0n) is 14.2. The van der Waals surface area contributed by atoms with E-state index in [9.17, 15) is 14.9 Å². The first-order valence-corrected chi connectivity index (χ1v) is 8.22. The number of nitro groups is 1. The van der Waals surface area contributed by atoms with Gasteiger partial charge in [0.05, 0.1) is 28.2 Å². The lowest BCUT2D eigenvalue weighted by Gasteiger charge is -2.09. The number of hydrogen-bond donors (Lipinski definition) is 0. The quantitative estimate of drug-likeness (QED) is 0.365. The molecule has 0 aliphatic carbocycles. The van der Waals surface area contributed by atoms with E-state index in [1.807, 2.05) is 30.3 Å². The number of nitrogens with zero attached hydrogens (tertiary/aromatic N) is 1. The Balaban J connectivity index is 2.08. The lowest BCUT2D eigenvalue weighted by Crippen LogP contribution is -2.04. The van der Waals surface area contributed by atoms with E-state index < -0.39 is 5.97 Å². The van der Waals surface area contributed by atoms with E-state index in [0.29, 0.717) is 28.9 Å². The smallest absolute Gasteiger partial charge is 0.338 e. The molecule has 0 atom stereocenters. The summed E-state index contributed by atoms with van der Waals surface area (Å²) in [4.78, 5) is 23.2. The van der Waals surface area contributed by atoms with Crippen molar-refractivity contribution in [2.24, 2.45) is 0 Å². The molecule has 3 aromatic carbocycles. The molecule has 0 spiro atoms. The second-order valence-electron chi connectivity index (χ2n) is 5.62. The van der Waals surface area contributed by atoms with Crippen LogP contribution in [-0.4, -0.2) is 17.5 Å². The number of benzene rings is 3. The van der Waals surface area contributed by atoms with Crippen molar-refractivity contribution < 1.29 is 14.5 Å². The summed E-state index contributed by atoms with van der Waals surface area (Å²) >= 11 is 0. The molecular formula is C21H17NO4. The topological polar surface area (TPSA) is 69.4 Å². The summed E-state index contributed by atoms with van der Waals surface area (Å²) in [6.07, 6.45) is 0. The van der Waals surface area contributed by atoms with Crippen molar-refractivity contribution >= 4 is 11.7 Å². The Morgan fingerprint density at radius 1 is 0.885 bits per heavy atom. The Hall–Kier alpha value is -3.47. The molecule has 0 aliphatic rings. The van der Waals surface area contributed by atoms with Gasteiger partial charge in [0, 0.05) is 0 Å². The van der Waals surface area contributed by atoms with Crippen molar-refractivity contribution in [1.29, 1.82) is 0 Å². The summed E-state index contributed by atoms with van der Waals surface area (Å²) < 4.78 is 4.97. The van der Waals surface area contributed by atoms with Crippen LogP contribution in [0.4, 0.5) is 5.69 Å². The molecule has 3 rings (SSSR count). The summed E-state index contributed by atoms with van der Waals surface area (Å²) in [5.74, 6) is -0.411. The fourth-order valence-corrected chi connectivity index (χ4v) is 2.82. The average molecular weight is 347 g/mol. The van der Waals surface area contributed by atoms with Gasteiger partial charge in [-0.05, 0) is 42.3 Å². The van der Waals surface area contributed by atoms with Gasteiger partial charge < -0.3 is 4.74 Å². The van der Waals surface area contributed by atoms with Crippen LogP contribution in [0.15, 0.2) is 72.8 Å². The van der Waals surface area contributed by atoms with Crippen LogP contribution < -0.4 is 0 Å². The Morgan fingerprint density at radius 3 is 2.00 bits per heavy atom. The SMILES string of the molecule is CCOC(=O)c1ccc(-c2cccc(-c3ccccc3)c2[N+](=O)[O-])cc1. The summed E-state index contributed by atoms with van der Waals surface area (Å²) in [7, 11) is 0. The molecule has 0 aliphatic heterocycles. The van der Waals surface area contributed by atoms with Crippen LogP contribution in [0.5, 0.6) is 0 Å². The van der Waals surface area contributed by atoms with E-state index in [1.54, 1.807) is 49.4 Å². The second kappa shape index (κ2) is 7.61. The highest BCUT2D eigenvalue weighted by Crippen LogP contribution is 2.38. The molecule has 0 amide bonds. The van der Waals surface area contributed by atoms with E-state index in [2.05, 4.69) is 0 Å². The third-order valence-corrected chi connectivity index (χ3v) is 4.01. The van der Waals surface area contributed by atoms with Gasteiger partial charge in [-0.25, -0.2) is 4.79 Å². The van der Waals surface area contributed by atoms with Crippen molar-refractivity contribution in [1.82, 2.24) is 0 Å². The van der Waals surface area contributed by atoms with Crippen molar-refractivity contribution in [3.05, 3.63) is 88.5 Å². The minimum Gasteiger partial charge on any atom is -0.462 e. The fourth-order valence-electron chi connectivity index (χ4n) is 2.82. The molecule has 0 heterocycles. The third kappa shape index (κ3) is 3.47. The molecule has 0 unspecified atom stereocenters. The van der Waals surface area contributed by atoms with Crippen LogP contribution in [0.2, 0.25) is 0 Å². The third-order valence-electron chi connectivity index (χ3n) is 4.01. The van der Waals surface area contributed by atoms with Crippen LogP contribution in [0.3, 0.4) is 0 Å². The molecule has 130 valence electrons. The van der Waals surface area contributed by atoms with Gasteiger partial charge in [-0.1, -0.05) is 48.5 Å². The zero-order valence-corrected chi connectivity index (χ0v) is 14.2. The largest absolute Gasteiger partial charge is 0.462 e. The highest BCUT2D eigenvalue weighted by molar-refractivity contribution is 5.91. The number of esters is 1. The van der Waals surface area contributed by atoms with E-state index in [-0.39, 0.29) is 10.6 Å². The lowest BCUT2D eigenvalue weighted by molar-refractivity contribution is -0.383. The van der Waals surface area contributed by atoms with Crippen LogP contribution in [0, 0.1) is 10.1 Å². The van der Waals surface area contributed by atoms with E-state index in [1.165, 1.54) is 0 Å². The number of carbonyl (C=O) groups is 1. The van der Waals surface area contributed by atoms with E-state index >= 15 is 0 Å². The Kier molecular flexibility index (Phi) is 5.08. The minimum atomic E-state index is -0.411. The molecule has 5 heteroatoms. The normalized spacial score (nSPS) is 10.3. The molecule has 0 N–H and O–H groups in total. The average Bonchev–Trinajstić information content (AvgIpc) is 2.68. The monoisotopic (exact) mass is 347 g/mol. The first-order chi connectivity index (χ1) is 12.6. The van der Waals surface area contributed by atoms with Crippen LogP contribution in [0.1, 0.15) is 17.3 Å². The number of hydrogen-bond acceptors (Lipinski definition) is 4. The summed E-state index contributed by atoms with van der Waals surface area (Å²) in [6.45, 7) is 2.04. The van der Waals surface area contributed by atoms with Crippen LogP contribution in [-0.2, 0) is 4.74 Å². The summed E-state index contributed by atoms with van der Waals surface area (Å²) in [6, 6.07) is 21.1. The van der Waals surface area contributed by atoms with Gasteiger partial charge in [0.25, 0.3) is 5.69 Å². The maximum Gasteiger partial charge on any atom is 0.338 e. The molecule has 26 heavy (non-hydrogen) atoms. The summed E-state index contributed by atoms with van der Waals surface area (Å²) in [5, 5.41) is 11.8. The molecule has 0 radical (unpaired) electrons. The Labute approximate surface area is 151 Å².